The predicted molar refractivity (Wildman–Crippen MR) is 167 cm³/mol. The summed E-state index contributed by atoms with van der Waals surface area (Å²) in [6.07, 6.45) is 4.84. The second-order valence-corrected chi connectivity index (χ2v) is 10.6. The van der Waals surface area contributed by atoms with Gasteiger partial charge in [0.05, 0.1) is 19.9 Å². The third kappa shape index (κ3) is 9.43. The zero-order valence-corrected chi connectivity index (χ0v) is 26.3. The Balaban J connectivity index is 2.71. The molecule has 0 aliphatic carbocycles. The Morgan fingerprint density at radius 1 is 1.00 bits per heavy atom. The molecule has 2 rings (SSSR count). The number of aryl methyl sites for hydroxylation is 1. The molecule has 0 bridgehead atoms. The van der Waals surface area contributed by atoms with E-state index in [1.165, 1.54) is 25.4 Å². The summed E-state index contributed by atoms with van der Waals surface area (Å²) in [5.74, 6) is -0.301. The maximum atomic E-state index is 12.8. The van der Waals surface area contributed by atoms with Crippen LogP contribution in [0.15, 0.2) is 59.8 Å². The minimum absolute atomic E-state index is 0.102. The zero-order valence-electron chi connectivity index (χ0n) is 26.3. The SMILES string of the molecule is CC/C(C)=C\C(=C/C(C)CC)c1ccc(N(/C=C(/C)CC)c2cc(OC)c(C(=O)NCC(F)(F)F)c(OC)c2)c(C)c1. The Hall–Kier alpha value is -3.68. The van der Waals surface area contributed by atoms with Gasteiger partial charge in [0.25, 0.3) is 5.91 Å². The summed E-state index contributed by atoms with van der Waals surface area (Å²) >= 11 is 0. The van der Waals surface area contributed by atoms with Crippen LogP contribution >= 0.6 is 0 Å². The molecule has 0 heterocycles. The summed E-state index contributed by atoms with van der Waals surface area (Å²) in [6, 6.07) is 9.61. The molecule has 5 nitrogen and oxygen atoms in total. The fourth-order valence-electron chi connectivity index (χ4n) is 4.25. The molecule has 0 fully saturated rings. The number of hydrogen-bond donors (Lipinski definition) is 1. The van der Waals surface area contributed by atoms with Gasteiger partial charge in [-0.2, -0.15) is 13.2 Å². The van der Waals surface area contributed by atoms with Gasteiger partial charge in [0.2, 0.25) is 0 Å². The first-order valence-electron chi connectivity index (χ1n) is 14.4. The highest BCUT2D eigenvalue weighted by Crippen LogP contribution is 2.39. The average molecular weight is 587 g/mol. The van der Waals surface area contributed by atoms with Gasteiger partial charge in [0.15, 0.2) is 0 Å². The van der Waals surface area contributed by atoms with Gasteiger partial charge in [0, 0.05) is 24.0 Å². The van der Waals surface area contributed by atoms with Gasteiger partial charge in [-0.15, -0.1) is 0 Å². The van der Waals surface area contributed by atoms with Crippen molar-refractivity contribution >= 4 is 22.9 Å². The van der Waals surface area contributed by atoms with Crippen LogP contribution in [0.2, 0.25) is 0 Å². The van der Waals surface area contributed by atoms with Crippen LogP contribution in [0.4, 0.5) is 24.5 Å². The Kier molecular flexibility index (Phi) is 12.8. The lowest BCUT2D eigenvalue weighted by atomic mass is 9.95. The first-order valence-corrected chi connectivity index (χ1v) is 14.4. The largest absolute Gasteiger partial charge is 0.496 e. The molecule has 0 aliphatic rings. The minimum Gasteiger partial charge on any atom is -0.496 e. The maximum Gasteiger partial charge on any atom is 0.405 e. The van der Waals surface area contributed by atoms with E-state index in [4.69, 9.17) is 9.47 Å². The summed E-state index contributed by atoms with van der Waals surface area (Å²) in [7, 11) is 2.74. The van der Waals surface area contributed by atoms with Crippen LogP contribution in [-0.2, 0) is 0 Å². The van der Waals surface area contributed by atoms with Crippen LogP contribution in [0.25, 0.3) is 5.57 Å². The molecule has 0 aromatic heterocycles. The molecule has 8 heteroatoms. The third-order valence-electron chi connectivity index (χ3n) is 7.21. The van der Waals surface area contributed by atoms with Crippen LogP contribution in [0.5, 0.6) is 11.5 Å². The molecule has 1 unspecified atom stereocenters. The Labute approximate surface area is 249 Å². The first kappa shape index (κ1) is 34.5. The molecule has 0 spiro atoms. The van der Waals surface area contributed by atoms with E-state index in [2.05, 4.69) is 65.0 Å². The number of carbonyl (C=O) groups is 1. The predicted octanol–water partition coefficient (Wildman–Crippen LogP) is 9.54. The Morgan fingerprint density at radius 3 is 2.07 bits per heavy atom. The van der Waals surface area contributed by atoms with Gasteiger partial charge in [-0.1, -0.05) is 63.5 Å². The second-order valence-electron chi connectivity index (χ2n) is 10.6. The van der Waals surface area contributed by atoms with Gasteiger partial charge < -0.3 is 19.7 Å². The molecule has 0 radical (unpaired) electrons. The van der Waals surface area contributed by atoms with Gasteiger partial charge in [-0.05, 0) is 68.4 Å². The maximum absolute atomic E-state index is 12.8. The zero-order chi connectivity index (χ0) is 31.6. The van der Waals surface area contributed by atoms with E-state index >= 15 is 0 Å². The summed E-state index contributed by atoms with van der Waals surface area (Å²) < 4.78 is 49.3. The molecular formula is C34H45F3N2O3. The molecule has 42 heavy (non-hydrogen) atoms. The lowest BCUT2D eigenvalue weighted by Crippen LogP contribution is -2.34. The Morgan fingerprint density at radius 2 is 1.60 bits per heavy atom. The number of amides is 1. The van der Waals surface area contributed by atoms with Crippen LogP contribution in [0.1, 0.15) is 82.3 Å². The summed E-state index contributed by atoms with van der Waals surface area (Å²) in [4.78, 5) is 14.8. The van der Waals surface area contributed by atoms with E-state index in [0.717, 1.165) is 41.6 Å². The lowest BCUT2D eigenvalue weighted by molar-refractivity contribution is -0.123. The van der Waals surface area contributed by atoms with Crippen LogP contribution in [-0.4, -0.2) is 32.8 Å². The van der Waals surface area contributed by atoms with Crippen molar-refractivity contribution in [2.24, 2.45) is 5.92 Å². The number of alkyl halides is 3. The van der Waals surface area contributed by atoms with E-state index in [9.17, 15) is 18.0 Å². The van der Waals surface area contributed by atoms with Crippen molar-refractivity contribution < 1.29 is 27.4 Å². The van der Waals surface area contributed by atoms with Crippen molar-refractivity contribution in [3.8, 4) is 11.5 Å². The number of benzene rings is 2. The van der Waals surface area contributed by atoms with Crippen molar-refractivity contribution in [3.05, 3.63) is 76.5 Å². The van der Waals surface area contributed by atoms with E-state index in [1.807, 2.05) is 30.3 Å². The monoisotopic (exact) mass is 586 g/mol. The molecule has 230 valence electrons. The molecule has 2 aromatic rings. The molecular weight excluding hydrogens is 541 g/mol. The van der Waals surface area contributed by atoms with Crippen molar-refractivity contribution in [2.45, 2.75) is 73.9 Å². The number of ether oxygens (including phenoxy) is 2. The van der Waals surface area contributed by atoms with E-state index in [1.54, 1.807) is 12.1 Å². The lowest BCUT2D eigenvalue weighted by Gasteiger charge is -2.26. The summed E-state index contributed by atoms with van der Waals surface area (Å²) in [5.41, 5.74) is 7.16. The number of rotatable bonds is 13. The fraction of sp³-hybridized carbons (Fsp3) is 0.441. The van der Waals surface area contributed by atoms with Crippen LogP contribution in [0, 0.1) is 12.8 Å². The van der Waals surface area contributed by atoms with Gasteiger partial charge in [-0.3, -0.25) is 4.79 Å². The molecule has 0 saturated heterocycles. The highest BCUT2D eigenvalue weighted by Gasteiger charge is 2.30. The number of anilines is 2. The summed E-state index contributed by atoms with van der Waals surface area (Å²) in [6.45, 7) is 13.3. The average Bonchev–Trinajstić information content (AvgIpc) is 2.96. The second kappa shape index (κ2) is 15.5. The number of methoxy groups -OCH3 is 2. The number of allylic oxidation sites excluding steroid dienone is 5. The molecule has 1 N–H and O–H groups in total. The van der Waals surface area contributed by atoms with E-state index < -0.39 is 18.6 Å². The quantitative estimate of drug-likeness (QED) is 0.238. The van der Waals surface area contributed by atoms with E-state index in [-0.39, 0.29) is 17.1 Å². The van der Waals surface area contributed by atoms with Crippen molar-refractivity contribution in [3.63, 3.8) is 0 Å². The van der Waals surface area contributed by atoms with Crippen LogP contribution in [0.3, 0.4) is 0 Å². The van der Waals surface area contributed by atoms with E-state index in [0.29, 0.717) is 11.6 Å². The highest BCUT2D eigenvalue weighted by molar-refractivity contribution is 6.00. The topological polar surface area (TPSA) is 50.8 Å². The molecule has 1 atom stereocenters. The van der Waals surface area contributed by atoms with Gasteiger partial charge in [-0.25, -0.2) is 0 Å². The number of halogens is 3. The number of nitrogens with zero attached hydrogens (tertiary/aromatic N) is 1. The molecule has 2 aromatic carbocycles. The Bertz CT molecular complexity index is 1300. The third-order valence-corrected chi connectivity index (χ3v) is 7.21. The normalized spacial score (nSPS) is 13.6. The standard InChI is InChI=1S/C34H45F3N2O3/c1-10-22(4)15-27(16-23(5)11-2)26-13-14-29(25(7)17-26)39(20-24(6)12-3)28-18-30(41-8)32(31(19-28)42-9)33(40)38-21-34(35,36)37/h13-20,22H,10-12,21H2,1-9H3,(H,38,40)/b23-16-,24-20-,27-15+. The molecule has 1 amide bonds. The minimum atomic E-state index is -4.55. The van der Waals surface area contributed by atoms with Crippen molar-refractivity contribution in [1.29, 1.82) is 0 Å². The van der Waals surface area contributed by atoms with Gasteiger partial charge in [0.1, 0.15) is 23.6 Å². The van der Waals surface area contributed by atoms with Crippen molar-refractivity contribution in [2.75, 3.05) is 25.7 Å². The fourth-order valence-corrected chi connectivity index (χ4v) is 4.25. The number of carbonyl (C=O) groups excluding carboxylic acids is 1. The first-order chi connectivity index (χ1) is 19.8. The number of hydrogen-bond acceptors (Lipinski definition) is 4. The van der Waals surface area contributed by atoms with Gasteiger partial charge >= 0.3 is 6.18 Å². The number of nitrogens with one attached hydrogen (secondary N) is 1. The van der Waals surface area contributed by atoms with Crippen LogP contribution < -0.4 is 19.7 Å². The molecule has 0 aliphatic heterocycles. The highest BCUT2D eigenvalue weighted by atomic mass is 19.4. The molecule has 0 saturated carbocycles. The smallest absolute Gasteiger partial charge is 0.405 e. The summed E-state index contributed by atoms with van der Waals surface area (Å²) in [5, 5.41) is 1.91. The van der Waals surface area contributed by atoms with Crippen molar-refractivity contribution in [1.82, 2.24) is 5.32 Å².